The molecular weight excluding hydrogens is 498 g/mol. The minimum absolute atomic E-state index is 0.0783. The summed E-state index contributed by atoms with van der Waals surface area (Å²) in [6.45, 7) is 0. The van der Waals surface area contributed by atoms with Gasteiger partial charge in [0.25, 0.3) is 0 Å². The van der Waals surface area contributed by atoms with Crippen molar-refractivity contribution in [2.75, 3.05) is 19.8 Å². The Labute approximate surface area is 224 Å². The number of nitriles is 1. The van der Waals surface area contributed by atoms with Crippen LogP contribution in [-0.4, -0.2) is 61.0 Å². The molecule has 0 radical (unpaired) electrons. The third-order valence-corrected chi connectivity index (χ3v) is 6.20. The average molecular weight is 524 g/mol. The predicted octanol–water partition coefficient (Wildman–Crippen LogP) is 5.10. The molecule has 3 aromatic carbocycles. The first-order valence-electron chi connectivity index (χ1n) is 11.6. The minimum atomic E-state index is -0.0783. The second-order valence-corrected chi connectivity index (χ2v) is 9.18. The number of carbonyl (C=O) groups excluding carboxylic acids is 1. The van der Waals surface area contributed by atoms with E-state index in [1.807, 2.05) is 89.5 Å². The summed E-state index contributed by atoms with van der Waals surface area (Å²) < 4.78 is 1.94. The van der Waals surface area contributed by atoms with Crippen LogP contribution in [-0.2, 0) is 4.79 Å². The number of nitrogens with zero attached hydrogens (tertiary/aromatic N) is 6. The van der Waals surface area contributed by atoms with Crippen LogP contribution in [0.3, 0.4) is 0 Å². The van der Waals surface area contributed by atoms with E-state index in [0.717, 1.165) is 28.7 Å². The van der Waals surface area contributed by atoms with Gasteiger partial charge in [0.15, 0.2) is 16.8 Å². The van der Waals surface area contributed by atoms with Crippen LogP contribution in [0.5, 0.6) is 0 Å². The first kappa shape index (κ1) is 26.2. The Kier molecular flexibility index (Phi) is 8.53. The van der Waals surface area contributed by atoms with Crippen LogP contribution in [0.2, 0.25) is 0 Å². The fraction of sp³-hybridized carbons (Fsp3) is 0.107. The van der Waals surface area contributed by atoms with E-state index in [9.17, 15) is 15.2 Å². The fourth-order valence-corrected chi connectivity index (χ4v) is 4.31. The molecule has 1 amide bonds. The van der Waals surface area contributed by atoms with E-state index in [4.69, 9.17) is 0 Å². The van der Waals surface area contributed by atoms with Gasteiger partial charge in [0, 0.05) is 25.3 Å². The zero-order valence-electron chi connectivity index (χ0n) is 20.8. The van der Waals surface area contributed by atoms with Crippen molar-refractivity contribution in [3.63, 3.8) is 0 Å². The van der Waals surface area contributed by atoms with Crippen molar-refractivity contribution in [1.82, 2.24) is 29.6 Å². The van der Waals surface area contributed by atoms with Crippen molar-refractivity contribution in [3.8, 4) is 23.1 Å². The molecule has 2 aromatic heterocycles. The number of carbonyl (C=O) groups is 1. The van der Waals surface area contributed by atoms with E-state index in [2.05, 4.69) is 26.2 Å². The largest absolute Gasteiger partial charge is 0.510 e. The molecule has 2 heterocycles. The number of hydrogen-bond donors (Lipinski definition) is 2. The molecule has 0 aliphatic heterocycles. The molecular formula is C28H25N7O2S. The number of imidazole rings is 1. The lowest BCUT2D eigenvalue weighted by Gasteiger charge is -2.10. The lowest BCUT2D eigenvalue weighted by molar-refractivity contribution is -0.115. The molecule has 0 bridgehead atoms. The van der Waals surface area contributed by atoms with Crippen LogP contribution in [0, 0.1) is 11.3 Å². The molecule has 0 fully saturated rings. The number of benzene rings is 3. The number of fused-ring (bicyclic) bond motifs is 1. The molecule has 5 rings (SSSR count). The van der Waals surface area contributed by atoms with E-state index in [-0.39, 0.29) is 17.1 Å². The summed E-state index contributed by atoms with van der Waals surface area (Å²) >= 11 is 1.30. The Bertz CT molecular complexity index is 1550. The van der Waals surface area contributed by atoms with Crippen molar-refractivity contribution in [3.05, 3.63) is 96.5 Å². The van der Waals surface area contributed by atoms with Gasteiger partial charge in [0.05, 0.1) is 16.8 Å². The van der Waals surface area contributed by atoms with Crippen molar-refractivity contribution in [2.45, 2.75) is 5.16 Å². The van der Waals surface area contributed by atoms with Gasteiger partial charge in [-0.25, -0.2) is 4.98 Å². The molecule has 190 valence electrons. The van der Waals surface area contributed by atoms with Crippen molar-refractivity contribution < 1.29 is 9.90 Å². The maximum absolute atomic E-state index is 10.8. The zero-order chi connectivity index (χ0) is 26.9. The highest BCUT2D eigenvalue weighted by molar-refractivity contribution is 7.99. The normalized spacial score (nSPS) is 11.2. The Morgan fingerprint density at radius 2 is 1.66 bits per heavy atom. The lowest BCUT2D eigenvalue weighted by Crippen LogP contribution is -2.06. The number of allylic oxidation sites excluding steroid dienone is 1. The molecule has 9 nitrogen and oxygen atoms in total. The third-order valence-electron chi connectivity index (χ3n) is 5.26. The van der Waals surface area contributed by atoms with Crippen LogP contribution in [0.25, 0.3) is 33.7 Å². The summed E-state index contributed by atoms with van der Waals surface area (Å²) in [6.07, 6.45) is 0.750. The second kappa shape index (κ2) is 12.4. The van der Waals surface area contributed by atoms with E-state index in [0.29, 0.717) is 16.8 Å². The lowest BCUT2D eigenvalue weighted by atomic mass is 10.2. The number of amides is 1. The monoisotopic (exact) mass is 523 g/mol. The smallest absolute Gasteiger partial charge is 0.209 e. The van der Waals surface area contributed by atoms with Gasteiger partial charge in [-0.2, -0.15) is 5.26 Å². The SMILES string of the molecule is CN(C)C=O.N#C/C(=C(/O)CSc1nnc(-c2ccccc2)n1-c1ccccc1)c1nc2ccccc2[nH]1. The van der Waals surface area contributed by atoms with Gasteiger partial charge in [-0.15, -0.1) is 10.2 Å². The molecule has 38 heavy (non-hydrogen) atoms. The first-order chi connectivity index (χ1) is 18.5. The Morgan fingerprint density at radius 3 is 2.29 bits per heavy atom. The summed E-state index contributed by atoms with van der Waals surface area (Å²) in [7, 11) is 3.38. The highest BCUT2D eigenvalue weighted by atomic mass is 32.2. The molecule has 0 saturated carbocycles. The molecule has 2 N–H and O–H groups in total. The highest BCUT2D eigenvalue weighted by Crippen LogP contribution is 2.29. The molecule has 0 atom stereocenters. The highest BCUT2D eigenvalue weighted by Gasteiger charge is 2.18. The number of aliphatic hydroxyl groups excluding tert-OH is 1. The van der Waals surface area contributed by atoms with E-state index in [1.165, 1.54) is 16.7 Å². The van der Waals surface area contributed by atoms with Gasteiger partial charge in [-0.05, 0) is 24.3 Å². The van der Waals surface area contributed by atoms with Crippen LogP contribution in [0.4, 0.5) is 0 Å². The van der Waals surface area contributed by atoms with Gasteiger partial charge in [-0.3, -0.25) is 9.36 Å². The number of para-hydroxylation sites is 3. The molecule has 0 saturated heterocycles. The minimum Gasteiger partial charge on any atom is -0.510 e. The number of rotatable bonds is 7. The molecule has 5 aromatic rings. The number of aromatic amines is 1. The van der Waals surface area contributed by atoms with E-state index in [1.54, 1.807) is 14.1 Å². The topological polar surface area (TPSA) is 124 Å². The van der Waals surface area contributed by atoms with Gasteiger partial charge in [-0.1, -0.05) is 72.4 Å². The third kappa shape index (κ3) is 6.08. The number of nitrogens with one attached hydrogen (secondary N) is 1. The number of H-pyrrole nitrogens is 1. The van der Waals surface area contributed by atoms with E-state index >= 15 is 0 Å². The van der Waals surface area contributed by atoms with Crippen LogP contribution in [0.15, 0.2) is 95.8 Å². The Balaban J connectivity index is 0.000000617. The molecule has 0 spiro atoms. The molecule has 0 unspecified atom stereocenters. The number of thioether (sulfide) groups is 1. The van der Waals surface area contributed by atoms with Gasteiger partial charge >= 0.3 is 0 Å². The Hall–Kier alpha value is -4.88. The quantitative estimate of drug-likeness (QED) is 0.132. The maximum Gasteiger partial charge on any atom is 0.209 e. The van der Waals surface area contributed by atoms with Gasteiger partial charge in [0.2, 0.25) is 6.41 Å². The average Bonchev–Trinajstić information content (AvgIpc) is 3.58. The predicted molar refractivity (Wildman–Crippen MR) is 149 cm³/mol. The fourth-order valence-electron chi connectivity index (χ4n) is 3.48. The number of aliphatic hydroxyl groups is 1. The summed E-state index contributed by atoms with van der Waals surface area (Å²) in [5.74, 6) is 1.10. The number of aromatic nitrogens is 5. The van der Waals surface area contributed by atoms with Gasteiger partial charge < -0.3 is 15.0 Å². The zero-order valence-corrected chi connectivity index (χ0v) is 21.6. The molecule has 10 heteroatoms. The number of hydrogen-bond acceptors (Lipinski definition) is 7. The summed E-state index contributed by atoms with van der Waals surface area (Å²) in [6, 6.07) is 29.2. The van der Waals surface area contributed by atoms with Crippen molar-refractivity contribution >= 4 is 34.8 Å². The maximum atomic E-state index is 10.8. The van der Waals surface area contributed by atoms with Crippen molar-refractivity contribution in [2.24, 2.45) is 0 Å². The van der Waals surface area contributed by atoms with Crippen LogP contribution < -0.4 is 0 Å². The first-order valence-corrected chi connectivity index (χ1v) is 12.6. The molecule has 0 aliphatic carbocycles. The summed E-state index contributed by atoms with van der Waals surface area (Å²) in [4.78, 5) is 18.4. The van der Waals surface area contributed by atoms with E-state index < -0.39 is 0 Å². The standard InChI is InChI=1S/C25H18N6OS.C3H7NO/c26-15-19(23-27-20-13-7-8-14-21(20)28-23)22(32)16-33-25-30-29-24(17-9-3-1-4-10-17)31(25)18-11-5-2-6-12-18;1-4(2)3-5/h1-14,32H,16H2,(H,27,28);3H,1-2H3/b22-19-;. The molecule has 0 aliphatic rings. The summed E-state index contributed by atoms with van der Waals surface area (Å²) in [5.41, 5.74) is 3.48. The van der Waals surface area contributed by atoms with Crippen molar-refractivity contribution in [1.29, 1.82) is 5.26 Å². The Morgan fingerprint density at radius 1 is 1.03 bits per heavy atom. The van der Waals surface area contributed by atoms with Gasteiger partial charge in [0.1, 0.15) is 17.4 Å². The summed E-state index contributed by atoms with van der Waals surface area (Å²) in [5, 5.41) is 29.8. The van der Waals surface area contributed by atoms with Crippen LogP contribution in [0.1, 0.15) is 5.82 Å². The van der Waals surface area contributed by atoms with Crippen LogP contribution >= 0.6 is 11.8 Å². The second-order valence-electron chi connectivity index (χ2n) is 8.24.